The van der Waals surface area contributed by atoms with E-state index in [1.165, 1.54) is 6.33 Å². The van der Waals surface area contributed by atoms with Crippen LogP contribution in [-0.2, 0) is 6.54 Å². The number of hydrogen-bond acceptors (Lipinski definition) is 5. The van der Waals surface area contributed by atoms with E-state index in [-0.39, 0.29) is 0 Å². The lowest BCUT2D eigenvalue weighted by atomic mass is 10.3. The van der Waals surface area contributed by atoms with Crippen molar-refractivity contribution >= 4 is 33.3 Å². The van der Waals surface area contributed by atoms with E-state index in [1.807, 2.05) is 42.5 Å². The summed E-state index contributed by atoms with van der Waals surface area (Å²) in [6.45, 7) is 0.692. The van der Waals surface area contributed by atoms with Gasteiger partial charge < -0.3 is 10.6 Å². The van der Waals surface area contributed by atoms with Crippen LogP contribution < -0.4 is 10.6 Å². The van der Waals surface area contributed by atoms with Crippen LogP contribution in [0.25, 0.3) is 0 Å². The Morgan fingerprint density at radius 3 is 2.41 bits per heavy atom. The van der Waals surface area contributed by atoms with E-state index in [1.54, 1.807) is 12.4 Å². The van der Waals surface area contributed by atoms with Crippen molar-refractivity contribution < 1.29 is 0 Å². The molecule has 0 aliphatic heterocycles. The second-order valence-corrected chi connectivity index (χ2v) is 5.55. The molecule has 3 aromatic rings. The first-order valence-electron chi connectivity index (χ1n) is 6.77. The summed E-state index contributed by atoms with van der Waals surface area (Å²) in [7, 11) is 0. The molecule has 5 nitrogen and oxygen atoms in total. The molecule has 22 heavy (non-hydrogen) atoms. The van der Waals surface area contributed by atoms with Gasteiger partial charge in [-0.05, 0) is 42.0 Å². The van der Waals surface area contributed by atoms with Crippen LogP contribution in [0.2, 0.25) is 0 Å². The van der Waals surface area contributed by atoms with Crippen LogP contribution in [-0.4, -0.2) is 15.0 Å². The van der Waals surface area contributed by atoms with Crippen molar-refractivity contribution in [2.45, 2.75) is 6.54 Å². The molecule has 0 fully saturated rings. The van der Waals surface area contributed by atoms with E-state index in [0.29, 0.717) is 6.54 Å². The van der Waals surface area contributed by atoms with E-state index in [9.17, 15) is 0 Å². The summed E-state index contributed by atoms with van der Waals surface area (Å²) >= 11 is 3.42. The summed E-state index contributed by atoms with van der Waals surface area (Å²) in [6, 6.07) is 13.7. The third kappa shape index (κ3) is 4.02. The summed E-state index contributed by atoms with van der Waals surface area (Å²) in [4.78, 5) is 12.5. The smallest absolute Gasteiger partial charge is 0.135 e. The molecule has 2 heterocycles. The molecule has 0 unspecified atom stereocenters. The molecule has 6 heteroatoms. The molecule has 0 aliphatic rings. The Bertz CT molecular complexity index is 731. The standard InChI is InChI=1S/C16H14BrN5/c17-13-1-3-14(4-2-13)22-16-9-15(20-11-21-16)19-10-12-5-7-18-8-6-12/h1-9,11H,10H2,(H2,19,20,21,22). The molecule has 0 saturated heterocycles. The Kier molecular flexibility index (Phi) is 4.60. The highest BCUT2D eigenvalue weighted by Crippen LogP contribution is 2.19. The molecule has 1 aromatic carbocycles. The average Bonchev–Trinajstić information content (AvgIpc) is 2.57. The number of anilines is 3. The summed E-state index contributed by atoms with van der Waals surface area (Å²) < 4.78 is 1.04. The number of benzene rings is 1. The van der Waals surface area contributed by atoms with Gasteiger partial charge in [0.05, 0.1) is 0 Å². The minimum absolute atomic E-state index is 0.692. The van der Waals surface area contributed by atoms with Gasteiger partial charge in [0.25, 0.3) is 0 Å². The van der Waals surface area contributed by atoms with Gasteiger partial charge in [-0.3, -0.25) is 4.98 Å². The lowest BCUT2D eigenvalue weighted by Gasteiger charge is -2.08. The van der Waals surface area contributed by atoms with Crippen LogP contribution in [0.15, 0.2) is 65.7 Å². The lowest BCUT2D eigenvalue weighted by molar-refractivity contribution is 1.07. The molecule has 0 amide bonds. The van der Waals surface area contributed by atoms with E-state index >= 15 is 0 Å². The summed E-state index contributed by atoms with van der Waals surface area (Å²) in [5, 5.41) is 6.52. The zero-order chi connectivity index (χ0) is 15.2. The molecule has 0 aliphatic carbocycles. The van der Waals surface area contributed by atoms with Crippen molar-refractivity contribution in [2.75, 3.05) is 10.6 Å². The zero-order valence-electron chi connectivity index (χ0n) is 11.7. The SMILES string of the molecule is Brc1ccc(Nc2cc(NCc3ccncc3)ncn2)cc1. The molecular weight excluding hydrogens is 342 g/mol. The second kappa shape index (κ2) is 7.00. The maximum absolute atomic E-state index is 4.23. The zero-order valence-corrected chi connectivity index (χ0v) is 13.3. The number of rotatable bonds is 5. The molecule has 0 spiro atoms. The first kappa shape index (κ1) is 14.5. The number of nitrogens with one attached hydrogen (secondary N) is 2. The summed E-state index contributed by atoms with van der Waals surface area (Å²) in [6.07, 6.45) is 5.09. The first-order valence-corrected chi connectivity index (χ1v) is 7.56. The molecule has 3 rings (SSSR count). The Balaban J connectivity index is 1.66. The van der Waals surface area contributed by atoms with Crippen LogP contribution in [0.3, 0.4) is 0 Å². The number of halogens is 1. The van der Waals surface area contributed by atoms with Gasteiger partial charge in [0.2, 0.25) is 0 Å². The fraction of sp³-hybridized carbons (Fsp3) is 0.0625. The van der Waals surface area contributed by atoms with Crippen LogP contribution in [0, 0.1) is 0 Å². The van der Waals surface area contributed by atoms with E-state index in [4.69, 9.17) is 0 Å². The summed E-state index contributed by atoms with van der Waals surface area (Å²) in [5.41, 5.74) is 2.12. The first-order chi connectivity index (χ1) is 10.8. The van der Waals surface area contributed by atoms with Crippen molar-refractivity contribution in [1.82, 2.24) is 15.0 Å². The van der Waals surface area contributed by atoms with Gasteiger partial charge in [-0.1, -0.05) is 15.9 Å². The largest absolute Gasteiger partial charge is 0.366 e. The minimum atomic E-state index is 0.692. The minimum Gasteiger partial charge on any atom is -0.366 e. The van der Waals surface area contributed by atoms with Gasteiger partial charge in [0.15, 0.2) is 0 Å². The Labute approximate surface area is 137 Å². The predicted molar refractivity (Wildman–Crippen MR) is 91.0 cm³/mol. The van der Waals surface area contributed by atoms with Gasteiger partial charge >= 0.3 is 0 Å². The maximum atomic E-state index is 4.23. The van der Waals surface area contributed by atoms with Gasteiger partial charge in [-0.2, -0.15) is 0 Å². The van der Waals surface area contributed by atoms with Gasteiger partial charge in [0.1, 0.15) is 18.0 Å². The number of nitrogens with zero attached hydrogens (tertiary/aromatic N) is 3. The van der Waals surface area contributed by atoms with E-state index in [0.717, 1.165) is 27.4 Å². The fourth-order valence-electron chi connectivity index (χ4n) is 1.90. The molecule has 2 N–H and O–H groups in total. The van der Waals surface area contributed by atoms with Gasteiger partial charge in [-0.25, -0.2) is 9.97 Å². The highest BCUT2D eigenvalue weighted by Gasteiger charge is 2.00. The van der Waals surface area contributed by atoms with Gasteiger partial charge in [-0.15, -0.1) is 0 Å². The third-order valence-electron chi connectivity index (χ3n) is 3.01. The molecule has 2 aromatic heterocycles. The fourth-order valence-corrected chi connectivity index (χ4v) is 2.16. The van der Waals surface area contributed by atoms with Crippen molar-refractivity contribution in [2.24, 2.45) is 0 Å². The maximum Gasteiger partial charge on any atom is 0.135 e. The van der Waals surface area contributed by atoms with E-state index in [2.05, 4.69) is 41.5 Å². The molecule has 0 saturated carbocycles. The monoisotopic (exact) mass is 355 g/mol. The van der Waals surface area contributed by atoms with Crippen molar-refractivity contribution in [3.05, 3.63) is 71.2 Å². The lowest BCUT2D eigenvalue weighted by Crippen LogP contribution is -2.03. The molecule has 0 atom stereocenters. The van der Waals surface area contributed by atoms with Gasteiger partial charge in [0, 0.05) is 35.2 Å². The highest BCUT2D eigenvalue weighted by molar-refractivity contribution is 9.10. The quantitative estimate of drug-likeness (QED) is 0.724. The van der Waals surface area contributed by atoms with Crippen LogP contribution in [0.5, 0.6) is 0 Å². The van der Waals surface area contributed by atoms with Crippen LogP contribution in [0.1, 0.15) is 5.56 Å². The van der Waals surface area contributed by atoms with Crippen molar-refractivity contribution in [3.8, 4) is 0 Å². The van der Waals surface area contributed by atoms with E-state index < -0.39 is 0 Å². The number of aromatic nitrogens is 3. The summed E-state index contributed by atoms with van der Waals surface area (Å²) in [5.74, 6) is 1.51. The van der Waals surface area contributed by atoms with Crippen molar-refractivity contribution in [1.29, 1.82) is 0 Å². The normalized spacial score (nSPS) is 10.2. The van der Waals surface area contributed by atoms with Crippen molar-refractivity contribution in [3.63, 3.8) is 0 Å². The molecule has 0 bridgehead atoms. The highest BCUT2D eigenvalue weighted by atomic mass is 79.9. The topological polar surface area (TPSA) is 62.7 Å². The Morgan fingerprint density at radius 2 is 1.64 bits per heavy atom. The molecular formula is C16H14BrN5. The molecule has 0 radical (unpaired) electrons. The second-order valence-electron chi connectivity index (χ2n) is 4.63. The number of pyridine rings is 1. The predicted octanol–water partition coefficient (Wildman–Crippen LogP) is 3.99. The molecule has 110 valence electrons. The van der Waals surface area contributed by atoms with Crippen LogP contribution in [0.4, 0.5) is 17.3 Å². The Morgan fingerprint density at radius 1 is 0.909 bits per heavy atom. The Hall–Kier alpha value is -2.47. The third-order valence-corrected chi connectivity index (χ3v) is 3.54. The van der Waals surface area contributed by atoms with Crippen LogP contribution >= 0.6 is 15.9 Å². The number of hydrogen-bond donors (Lipinski definition) is 2. The average molecular weight is 356 g/mol.